The Morgan fingerprint density at radius 3 is 2.57 bits per heavy atom. The molecule has 118 valence electrons. The Hall–Kier alpha value is -0.860. The van der Waals surface area contributed by atoms with Gasteiger partial charge in [-0.3, -0.25) is 0 Å². The SMILES string of the molecule is CCCCc1ccc(C(C)NC2CCCCCC2O)cc1. The molecule has 0 saturated heterocycles. The Labute approximate surface area is 130 Å². The van der Waals surface area contributed by atoms with Gasteiger partial charge in [0.1, 0.15) is 0 Å². The third kappa shape index (κ3) is 5.12. The monoisotopic (exact) mass is 289 g/mol. The van der Waals surface area contributed by atoms with E-state index in [0.717, 1.165) is 12.8 Å². The second-order valence-electron chi connectivity index (χ2n) is 6.55. The highest BCUT2D eigenvalue weighted by molar-refractivity contribution is 5.25. The van der Waals surface area contributed by atoms with Gasteiger partial charge in [0.25, 0.3) is 0 Å². The van der Waals surface area contributed by atoms with E-state index < -0.39 is 0 Å². The van der Waals surface area contributed by atoms with Gasteiger partial charge in [0.15, 0.2) is 0 Å². The normalized spacial score (nSPS) is 24.5. The van der Waals surface area contributed by atoms with E-state index in [1.165, 1.54) is 49.7 Å². The van der Waals surface area contributed by atoms with Gasteiger partial charge < -0.3 is 10.4 Å². The van der Waals surface area contributed by atoms with Crippen LogP contribution in [-0.4, -0.2) is 17.3 Å². The first-order valence-corrected chi connectivity index (χ1v) is 8.73. The quantitative estimate of drug-likeness (QED) is 0.762. The van der Waals surface area contributed by atoms with Crippen molar-refractivity contribution in [2.24, 2.45) is 0 Å². The standard InChI is InChI=1S/C19H31NO/c1-3-4-8-16-11-13-17(14-12-16)15(2)20-18-9-6-5-7-10-19(18)21/h11-15,18-21H,3-10H2,1-2H3. The molecular weight excluding hydrogens is 258 g/mol. The summed E-state index contributed by atoms with van der Waals surface area (Å²) in [6.07, 6.45) is 9.22. The van der Waals surface area contributed by atoms with Crippen molar-refractivity contribution in [2.45, 2.75) is 83.4 Å². The highest BCUT2D eigenvalue weighted by atomic mass is 16.3. The van der Waals surface area contributed by atoms with Gasteiger partial charge in [-0.05, 0) is 43.7 Å². The van der Waals surface area contributed by atoms with E-state index >= 15 is 0 Å². The lowest BCUT2D eigenvalue weighted by Crippen LogP contribution is -2.40. The van der Waals surface area contributed by atoms with E-state index in [9.17, 15) is 5.11 Å². The first-order valence-electron chi connectivity index (χ1n) is 8.73. The van der Waals surface area contributed by atoms with Crippen molar-refractivity contribution in [2.75, 3.05) is 0 Å². The molecule has 0 spiro atoms. The summed E-state index contributed by atoms with van der Waals surface area (Å²) in [7, 11) is 0. The Morgan fingerprint density at radius 2 is 1.86 bits per heavy atom. The molecule has 3 unspecified atom stereocenters. The molecule has 0 radical (unpaired) electrons. The van der Waals surface area contributed by atoms with Crippen LogP contribution in [0.3, 0.4) is 0 Å². The molecule has 0 amide bonds. The van der Waals surface area contributed by atoms with Gasteiger partial charge in [-0.15, -0.1) is 0 Å². The Kier molecular flexibility index (Phi) is 6.72. The number of aliphatic hydroxyl groups is 1. The van der Waals surface area contributed by atoms with Crippen molar-refractivity contribution in [1.82, 2.24) is 5.32 Å². The van der Waals surface area contributed by atoms with Crippen LogP contribution in [0.4, 0.5) is 0 Å². The molecule has 0 heterocycles. The largest absolute Gasteiger partial charge is 0.392 e. The van der Waals surface area contributed by atoms with Crippen molar-refractivity contribution >= 4 is 0 Å². The van der Waals surface area contributed by atoms with Crippen LogP contribution >= 0.6 is 0 Å². The number of benzene rings is 1. The average molecular weight is 289 g/mol. The van der Waals surface area contributed by atoms with Crippen LogP contribution in [0.25, 0.3) is 0 Å². The van der Waals surface area contributed by atoms with Crippen molar-refractivity contribution in [3.05, 3.63) is 35.4 Å². The summed E-state index contributed by atoms with van der Waals surface area (Å²) in [4.78, 5) is 0. The maximum absolute atomic E-state index is 10.2. The maximum Gasteiger partial charge on any atom is 0.0693 e. The van der Waals surface area contributed by atoms with Crippen molar-refractivity contribution in [3.63, 3.8) is 0 Å². The van der Waals surface area contributed by atoms with Gasteiger partial charge >= 0.3 is 0 Å². The number of unbranched alkanes of at least 4 members (excludes halogenated alkanes) is 1. The molecule has 2 nitrogen and oxygen atoms in total. The molecule has 0 aliphatic heterocycles. The minimum atomic E-state index is -0.182. The topological polar surface area (TPSA) is 32.3 Å². The van der Waals surface area contributed by atoms with Crippen molar-refractivity contribution in [1.29, 1.82) is 0 Å². The molecule has 2 heteroatoms. The van der Waals surface area contributed by atoms with Crippen molar-refractivity contribution < 1.29 is 5.11 Å². The Morgan fingerprint density at radius 1 is 1.14 bits per heavy atom. The van der Waals surface area contributed by atoms with Crippen LogP contribution in [0.15, 0.2) is 24.3 Å². The van der Waals surface area contributed by atoms with Gasteiger partial charge in [0, 0.05) is 12.1 Å². The van der Waals surface area contributed by atoms with Gasteiger partial charge in [0.2, 0.25) is 0 Å². The molecule has 21 heavy (non-hydrogen) atoms. The van der Waals surface area contributed by atoms with E-state index in [1.54, 1.807) is 0 Å². The zero-order valence-corrected chi connectivity index (χ0v) is 13.6. The summed E-state index contributed by atoms with van der Waals surface area (Å²) in [6, 6.07) is 9.56. The fraction of sp³-hybridized carbons (Fsp3) is 0.684. The molecule has 3 atom stereocenters. The molecule has 1 aromatic rings. The van der Waals surface area contributed by atoms with Crippen molar-refractivity contribution in [3.8, 4) is 0 Å². The van der Waals surface area contributed by atoms with Gasteiger partial charge in [0.05, 0.1) is 6.10 Å². The van der Waals surface area contributed by atoms with E-state index in [4.69, 9.17) is 0 Å². The lowest BCUT2D eigenvalue weighted by atomic mass is 10.0. The van der Waals surface area contributed by atoms with Crippen LogP contribution in [0, 0.1) is 0 Å². The van der Waals surface area contributed by atoms with Crippen LogP contribution in [0.1, 0.15) is 76.0 Å². The predicted molar refractivity (Wildman–Crippen MR) is 89.5 cm³/mol. The van der Waals surface area contributed by atoms with Crippen LogP contribution in [-0.2, 0) is 6.42 Å². The first-order chi connectivity index (χ1) is 10.2. The van der Waals surface area contributed by atoms with Gasteiger partial charge in [-0.2, -0.15) is 0 Å². The number of nitrogens with one attached hydrogen (secondary N) is 1. The molecule has 1 saturated carbocycles. The zero-order valence-electron chi connectivity index (χ0n) is 13.6. The second kappa shape index (κ2) is 8.55. The number of rotatable bonds is 6. The minimum absolute atomic E-state index is 0.182. The molecular formula is C19H31NO. The van der Waals surface area contributed by atoms with E-state index in [2.05, 4.69) is 43.4 Å². The highest BCUT2D eigenvalue weighted by Gasteiger charge is 2.23. The summed E-state index contributed by atoms with van der Waals surface area (Å²) in [5.41, 5.74) is 2.76. The number of hydrogen-bond acceptors (Lipinski definition) is 2. The predicted octanol–water partition coefficient (Wildman–Crippen LogP) is 4.37. The molecule has 2 rings (SSSR count). The number of hydrogen-bond donors (Lipinski definition) is 2. The first kappa shape index (κ1) is 16.5. The number of aliphatic hydroxyl groups excluding tert-OH is 1. The summed E-state index contributed by atoms with van der Waals surface area (Å²) in [5, 5.41) is 13.9. The summed E-state index contributed by atoms with van der Waals surface area (Å²) in [5.74, 6) is 0. The molecule has 1 aromatic carbocycles. The summed E-state index contributed by atoms with van der Waals surface area (Å²) in [6.45, 7) is 4.44. The Balaban J connectivity index is 1.91. The molecule has 2 N–H and O–H groups in total. The number of aryl methyl sites for hydroxylation is 1. The molecule has 1 fully saturated rings. The summed E-state index contributed by atoms with van der Waals surface area (Å²) < 4.78 is 0. The second-order valence-corrected chi connectivity index (χ2v) is 6.55. The van der Waals surface area contributed by atoms with Crippen LogP contribution in [0.5, 0.6) is 0 Å². The van der Waals surface area contributed by atoms with Gasteiger partial charge in [-0.25, -0.2) is 0 Å². The van der Waals surface area contributed by atoms with E-state index in [-0.39, 0.29) is 12.1 Å². The fourth-order valence-corrected chi connectivity index (χ4v) is 3.25. The fourth-order valence-electron chi connectivity index (χ4n) is 3.25. The zero-order chi connectivity index (χ0) is 15.1. The third-order valence-electron chi connectivity index (χ3n) is 4.74. The van der Waals surface area contributed by atoms with Crippen LogP contribution < -0.4 is 5.32 Å². The molecule has 0 bridgehead atoms. The van der Waals surface area contributed by atoms with Crippen LogP contribution in [0.2, 0.25) is 0 Å². The maximum atomic E-state index is 10.2. The lowest BCUT2D eigenvalue weighted by molar-refractivity contribution is 0.115. The van der Waals surface area contributed by atoms with E-state index in [1.807, 2.05) is 0 Å². The molecule has 1 aliphatic rings. The third-order valence-corrected chi connectivity index (χ3v) is 4.74. The highest BCUT2D eigenvalue weighted by Crippen LogP contribution is 2.22. The van der Waals surface area contributed by atoms with Gasteiger partial charge in [-0.1, -0.05) is 56.9 Å². The van der Waals surface area contributed by atoms with E-state index in [0.29, 0.717) is 6.04 Å². The summed E-state index contributed by atoms with van der Waals surface area (Å²) >= 11 is 0. The Bertz CT molecular complexity index is 401. The smallest absolute Gasteiger partial charge is 0.0693 e. The lowest BCUT2D eigenvalue weighted by Gasteiger charge is -2.26. The molecule has 1 aliphatic carbocycles. The minimum Gasteiger partial charge on any atom is -0.392 e. The molecule has 0 aromatic heterocycles. The average Bonchev–Trinajstić information content (AvgIpc) is 2.70.